The van der Waals surface area contributed by atoms with E-state index in [0.717, 1.165) is 29.8 Å². The van der Waals surface area contributed by atoms with Gasteiger partial charge in [0.2, 0.25) is 0 Å². The molecule has 1 heterocycles. The zero-order valence-electron chi connectivity index (χ0n) is 13.8. The Balaban J connectivity index is 2.07. The largest absolute Gasteiger partial charge is 0.264 e. The summed E-state index contributed by atoms with van der Waals surface area (Å²) in [5.41, 5.74) is 6.90. The van der Waals surface area contributed by atoms with E-state index < -0.39 is 0 Å². The molecule has 116 valence electrons. The van der Waals surface area contributed by atoms with Gasteiger partial charge in [0.05, 0.1) is 11.4 Å². The SMILES string of the molecule is C=Nc1ccc(-c2ccc3c(c2)C(C)CCC=N3)cc1/C=C\C. The molecule has 3 rings (SSSR count). The zero-order chi connectivity index (χ0) is 16.2. The van der Waals surface area contributed by atoms with Crippen LogP contribution in [0.1, 0.15) is 43.7 Å². The Bertz CT molecular complexity index is 784. The van der Waals surface area contributed by atoms with Crippen molar-refractivity contribution in [3.63, 3.8) is 0 Å². The summed E-state index contributed by atoms with van der Waals surface area (Å²) < 4.78 is 0. The molecule has 2 heteroatoms. The topological polar surface area (TPSA) is 24.7 Å². The fourth-order valence-corrected chi connectivity index (χ4v) is 3.08. The number of aliphatic imine (C=N–C) groups is 2. The number of benzene rings is 2. The molecule has 1 unspecified atom stereocenters. The number of hydrogen-bond acceptors (Lipinski definition) is 2. The van der Waals surface area contributed by atoms with Crippen LogP contribution in [0.25, 0.3) is 17.2 Å². The lowest BCUT2D eigenvalue weighted by Crippen LogP contribution is -1.93. The molecule has 1 atom stereocenters. The molecule has 0 spiro atoms. The van der Waals surface area contributed by atoms with Crippen molar-refractivity contribution in [2.45, 2.75) is 32.6 Å². The van der Waals surface area contributed by atoms with Gasteiger partial charge in [-0.25, -0.2) is 0 Å². The summed E-state index contributed by atoms with van der Waals surface area (Å²) in [6.45, 7) is 7.95. The maximum Gasteiger partial charge on any atom is 0.0695 e. The lowest BCUT2D eigenvalue weighted by molar-refractivity contribution is 0.715. The van der Waals surface area contributed by atoms with Crippen LogP contribution in [0.3, 0.4) is 0 Å². The van der Waals surface area contributed by atoms with Crippen LogP contribution >= 0.6 is 0 Å². The highest BCUT2D eigenvalue weighted by Crippen LogP contribution is 2.36. The van der Waals surface area contributed by atoms with Crippen LogP contribution in [0.4, 0.5) is 11.4 Å². The quantitative estimate of drug-likeness (QED) is 0.593. The molecule has 1 aliphatic heterocycles. The Hall–Kier alpha value is -2.48. The van der Waals surface area contributed by atoms with Crippen molar-refractivity contribution in [3.8, 4) is 11.1 Å². The van der Waals surface area contributed by atoms with Crippen molar-refractivity contribution in [2.24, 2.45) is 9.98 Å². The van der Waals surface area contributed by atoms with Gasteiger partial charge in [-0.2, -0.15) is 0 Å². The van der Waals surface area contributed by atoms with E-state index in [1.54, 1.807) is 0 Å². The maximum absolute atomic E-state index is 4.59. The van der Waals surface area contributed by atoms with Crippen molar-refractivity contribution >= 4 is 30.4 Å². The van der Waals surface area contributed by atoms with Gasteiger partial charge >= 0.3 is 0 Å². The summed E-state index contributed by atoms with van der Waals surface area (Å²) in [6, 6.07) is 12.9. The molecule has 0 amide bonds. The molecular formula is C21H22N2. The molecule has 0 fully saturated rings. The monoisotopic (exact) mass is 302 g/mol. The molecule has 0 saturated carbocycles. The van der Waals surface area contributed by atoms with Crippen LogP contribution in [0.2, 0.25) is 0 Å². The van der Waals surface area contributed by atoms with E-state index in [0.29, 0.717) is 5.92 Å². The standard InChI is InChI=1S/C21H22N2/c1-4-6-18-13-16(8-10-20(18)22-3)17-9-11-21-19(14-17)15(2)7-5-12-23-21/h4,6,8-15H,3,5,7H2,1-2H3/b6-4-. The highest BCUT2D eigenvalue weighted by Gasteiger charge is 2.14. The molecular weight excluding hydrogens is 280 g/mol. The first kappa shape index (κ1) is 15.4. The minimum absolute atomic E-state index is 0.538. The van der Waals surface area contributed by atoms with Crippen molar-refractivity contribution in [1.82, 2.24) is 0 Å². The van der Waals surface area contributed by atoms with Crippen LogP contribution in [-0.4, -0.2) is 12.9 Å². The van der Waals surface area contributed by atoms with Crippen molar-refractivity contribution < 1.29 is 0 Å². The second-order valence-corrected chi connectivity index (χ2v) is 6.00. The summed E-state index contributed by atoms with van der Waals surface area (Å²) in [6.07, 6.45) is 8.35. The van der Waals surface area contributed by atoms with Gasteiger partial charge in [-0.1, -0.05) is 31.2 Å². The normalized spacial score (nSPS) is 17.0. The first-order valence-corrected chi connectivity index (χ1v) is 8.13. The van der Waals surface area contributed by atoms with Gasteiger partial charge in [0.25, 0.3) is 0 Å². The van der Waals surface area contributed by atoms with Gasteiger partial charge in [0.1, 0.15) is 0 Å². The number of fused-ring (bicyclic) bond motifs is 1. The van der Waals surface area contributed by atoms with Gasteiger partial charge < -0.3 is 0 Å². The number of rotatable bonds is 3. The highest BCUT2D eigenvalue weighted by molar-refractivity contribution is 5.77. The van der Waals surface area contributed by atoms with E-state index in [-0.39, 0.29) is 0 Å². The Morgan fingerprint density at radius 2 is 1.96 bits per heavy atom. The summed E-state index contributed by atoms with van der Waals surface area (Å²) in [7, 11) is 0. The number of hydrogen-bond donors (Lipinski definition) is 0. The molecule has 0 aromatic heterocycles. The van der Waals surface area contributed by atoms with Crippen molar-refractivity contribution in [3.05, 3.63) is 53.6 Å². The van der Waals surface area contributed by atoms with Crippen LogP contribution in [-0.2, 0) is 0 Å². The average Bonchev–Trinajstić information content (AvgIpc) is 2.76. The molecule has 0 saturated heterocycles. The molecule has 0 aliphatic carbocycles. The molecule has 2 nitrogen and oxygen atoms in total. The summed E-state index contributed by atoms with van der Waals surface area (Å²) >= 11 is 0. The predicted octanol–water partition coefficient (Wildman–Crippen LogP) is 6.32. The minimum Gasteiger partial charge on any atom is -0.264 e. The number of allylic oxidation sites excluding steroid dienone is 1. The molecule has 2 aromatic rings. The molecule has 2 aromatic carbocycles. The van der Waals surface area contributed by atoms with Gasteiger partial charge in [-0.15, -0.1) is 0 Å². The van der Waals surface area contributed by atoms with E-state index in [4.69, 9.17) is 0 Å². The smallest absolute Gasteiger partial charge is 0.0695 e. The van der Waals surface area contributed by atoms with Crippen molar-refractivity contribution in [2.75, 3.05) is 0 Å². The second-order valence-electron chi connectivity index (χ2n) is 6.00. The Kier molecular flexibility index (Phi) is 4.52. The third-order valence-electron chi connectivity index (χ3n) is 4.40. The van der Waals surface area contributed by atoms with Crippen molar-refractivity contribution in [1.29, 1.82) is 0 Å². The van der Waals surface area contributed by atoms with Gasteiger partial charge in [-0.3, -0.25) is 9.98 Å². The number of nitrogens with zero attached hydrogens (tertiary/aromatic N) is 2. The van der Waals surface area contributed by atoms with Crippen LogP contribution in [0.5, 0.6) is 0 Å². The van der Waals surface area contributed by atoms with Gasteiger partial charge in [0, 0.05) is 11.8 Å². The maximum atomic E-state index is 4.59. The van der Waals surface area contributed by atoms with Gasteiger partial charge in [0.15, 0.2) is 0 Å². The summed E-state index contributed by atoms with van der Waals surface area (Å²) in [5.74, 6) is 0.538. The van der Waals surface area contributed by atoms with Crippen LogP contribution < -0.4 is 0 Å². The first-order chi connectivity index (χ1) is 11.2. The predicted molar refractivity (Wildman–Crippen MR) is 102 cm³/mol. The zero-order valence-corrected chi connectivity index (χ0v) is 13.8. The van der Waals surface area contributed by atoms with E-state index in [1.807, 2.05) is 25.3 Å². The summed E-state index contributed by atoms with van der Waals surface area (Å²) in [5, 5.41) is 0. The molecule has 0 radical (unpaired) electrons. The average molecular weight is 302 g/mol. The Labute approximate surface area is 138 Å². The lowest BCUT2D eigenvalue weighted by Gasteiger charge is -2.14. The molecule has 23 heavy (non-hydrogen) atoms. The third kappa shape index (κ3) is 3.16. The highest BCUT2D eigenvalue weighted by atomic mass is 14.7. The fraction of sp³-hybridized carbons (Fsp3) is 0.238. The summed E-state index contributed by atoms with van der Waals surface area (Å²) in [4.78, 5) is 8.69. The van der Waals surface area contributed by atoms with E-state index in [9.17, 15) is 0 Å². The molecule has 0 bridgehead atoms. The van der Waals surface area contributed by atoms with E-state index >= 15 is 0 Å². The van der Waals surface area contributed by atoms with Gasteiger partial charge in [-0.05, 0) is 73.4 Å². The first-order valence-electron chi connectivity index (χ1n) is 8.13. The third-order valence-corrected chi connectivity index (χ3v) is 4.40. The Morgan fingerprint density at radius 3 is 2.74 bits per heavy atom. The minimum atomic E-state index is 0.538. The Morgan fingerprint density at radius 1 is 1.17 bits per heavy atom. The lowest BCUT2D eigenvalue weighted by atomic mass is 9.92. The van der Waals surface area contributed by atoms with E-state index in [1.165, 1.54) is 16.7 Å². The van der Waals surface area contributed by atoms with E-state index in [2.05, 4.69) is 60.0 Å². The molecule has 0 N–H and O–H groups in total. The van der Waals surface area contributed by atoms with Crippen LogP contribution in [0.15, 0.2) is 52.5 Å². The van der Waals surface area contributed by atoms with Crippen LogP contribution in [0, 0.1) is 0 Å². The molecule has 1 aliphatic rings. The second kappa shape index (κ2) is 6.74. The fourth-order valence-electron chi connectivity index (χ4n) is 3.08.